The zero-order valence-electron chi connectivity index (χ0n) is 10.8. The molecule has 0 unspecified atom stereocenters. The third-order valence-electron chi connectivity index (χ3n) is 2.75. The molecule has 0 aliphatic rings. The number of carbonyl (C=O) groups is 1. The van der Waals surface area contributed by atoms with Gasteiger partial charge >= 0.3 is 0 Å². The molecule has 2 aromatic carbocycles. The third kappa shape index (κ3) is 3.41. The maximum absolute atomic E-state index is 12.1. The normalized spacial score (nSPS) is 10.8. The number of methoxy groups -OCH3 is 1. The molecule has 0 spiro atoms. The maximum Gasteiger partial charge on any atom is 0.185 e. The molecular formula is C16H12Cl2O2. The number of carbonyl (C=O) groups excluding carboxylic acids is 1. The Morgan fingerprint density at radius 2 is 1.90 bits per heavy atom. The van der Waals surface area contributed by atoms with Crippen LogP contribution >= 0.6 is 23.2 Å². The predicted octanol–water partition coefficient (Wildman–Crippen LogP) is 4.90. The summed E-state index contributed by atoms with van der Waals surface area (Å²) in [5.41, 5.74) is 1.26. The molecule has 2 rings (SSSR count). The Bertz CT molecular complexity index is 663. The van der Waals surface area contributed by atoms with Crippen molar-refractivity contribution in [2.24, 2.45) is 0 Å². The SMILES string of the molecule is COc1cccc(C(=O)C=Cc2cccc(Cl)c2Cl)c1. The number of ketones is 1. The Labute approximate surface area is 127 Å². The van der Waals surface area contributed by atoms with Gasteiger partial charge in [0, 0.05) is 5.56 Å². The number of allylic oxidation sites excluding steroid dienone is 1. The van der Waals surface area contributed by atoms with Crippen LogP contribution in [0.15, 0.2) is 48.5 Å². The molecule has 0 radical (unpaired) electrons. The fourth-order valence-corrected chi connectivity index (χ4v) is 2.06. The minimum Gasteiger partial charge on any atom is -0.497 e. The standard InChI is InChI=1S/C16H12Cl2O2/c1-20-13-6-2-5-12(10-13)15(19)9-8-11-4-3-7-14(17)16(11)18/h2-10H,1H3. The largest absolute Gasteiger partial charge is 0.497 e. The summed E-state index contributed by atoms with van der Waals surface area (Å²) in [4.78, 5) is 12.1. The second-order valence-electron chi connectivity index (χ2n) is 4.07. The van der Waals surface area contributed by atoms with Crippen molar-refractivity contribution in [1.29, 1.82) is 0 Å². The Morgan fingerprint density at radius 1 is 1.15 bits per heavy atom. The number of ether oxygens (including phenoxy) is 1. The molecule has 0 saturated carbocycles. The van der Waals surface area contributed by atoms with E-state index in [2.05, 4.69) is 0 Å². The highest BCUT2D eigenvalue weighted by Gasteiger charge is 2.05. The van der Waals surface area contributed by atoms with Crippen molar-refractivity contribution in [3.8, 4) is 5.75 Å². The average molecular weight is 307 g/mol. The van der Waals surface area contributed by atoms with Crippen LogP contribution < -0.4 is 4.74 Å². The lowest BCUT2D eigenvalue weighted by Gasteiger charge is -2.02. The molecule has 20 heavy (non-hydrogen) atoms. The van der Waals surface area contributed by atoms with Gasteiger partial charge in [-0.2, -0.15) is 0 Å². The van der Waals surface area contributed by atoms with Crippen LogP contribution in [0.25, 0.3) is 6.08 Å². The van der Waals surface area contributed by atoms with E-state index in [1.807, 2.05) is 0 Å². The van der Waals surface area contributed by atoms with E-state index in [4.69, 9.17) is 27.9 Å². The summed E-state index contributed by atoms with van der Waals surface area (Å²) < 4.78 is 5.09. The first kappa shape index (κ1) is 14.6. The molecule has 4 heteroatoms. The van der Waals surface area contributed by atoms with Crippen LogP contribution in [0.2, 0.25) is 10.0 Å². The molecular weight excluding hydrogens is 295 g/mol. The van der Waals surface area contributed by atoms with E-state index in [9.17, 15) is 4.79 Å². The quantitative estimate of drug-likeness (QED) is 0.593. The number of benzene rings is 2. The van der Waals surface area contributed by atoms with E-state index >= 15 is 0 Å². The highest BCUT2D eigenvalue weighted by molar-refractivity contribution is 6.42. The van der Waals surface area contributed by atoms with Gasteiger partial charge in [0.1, 0.15) is 5.75 Å². The van der Waals surface area contributed by atoms with Gasteiger partial charge in [-0.05, 0) is 35.9 Å². The Kier molecular flexibility index (Phi) is 4.83. The van der Waals surface area contributed by atoms with E-state index in [-0.39, 0.29) is 5.78 Å². The van der Waals surface area contributed by atoms with Crippen molar-refractivity contribution in [3.63, 3.8) is 0 Å². The highest BCUT2D eigenvalue weighted by Crippen LogP contribution is 2.26. The molecule has 0 atom stereocenters. The van der Waals surface area contributed by atoms with Crippen LogP contribution in [0.5, 0.6) is 5.75 Å². The minimum atomic E-state index is -0.125. The molecule has 0 heterocycles. The number of halogens is 2. The fourth-order valence-electron chi connectivity index (χ4n) is 1.69. The van der Waals surface area contributed by atoms with E-state index in [1.54, 1.807) is 55.7 Å². The maximum atomic E-state index is 12.1. The van der Waals surface area contributed by atoms with Crippen LogP contribution in [0.3, 0.4) is 0 Å². The summed E-state index contributed by atoms with van der Waals surface area (Å²) in [6.07, 6.45) is 3.11. The topological polar surface area (TPSA) is 26.3 Å². The van der Waals surface area contributed by atoms with Gasteiger partial charge in [0.15, 0.2) is 5.78 Å². The number of hydrogen-bond donors (Lipinski definition) is 0. The summed E-state index contributed by atoms with van der Waals surface area (Å²) in [6.45, 7) is 0. The van der Waals surface area contributed by atoms with Crippen molar-refractivity contribution in [3.05, 3.63) is 69.7 Å². The molecule has 0 aliphatic carbocycles. The lowest BCUT2D eigenvalue weighted by molar-refractivity contribution is 0.104. The van der Waals surface area contributed by atoms with Gasteiger partial charge in [0.2, 0.25) is 0 Å². The molecule has 0 aromatic heterocycles. The molecule has 0 saturated heterocycles. The van der Waals surface area contributed by atoms with Gasteiger partial charge in [0.25, 0.3) is 0 Å². The summed E-state index contributed by atoms with van der Waals surface area (Å²) in [7, 11) is 1.56. The zero-order valence-corrected chi connectivity index (χ0v) is 12.3. The second-order valence-corrected chi connectivity index (χ2v) is 4.86. The molecule has 0 bridgehead atoms. The summed E-state index contributed by atoms with van der Waals surface area (Å²) in [6, 6.07) is 12.3. The van der Waals surface area contributed by atoms with Crippen molar-refractivity contribution in [1.82, 2.24) is 0 Å². The predicted molar refractivity (Wildman–Crippen MR) is 82.8 cm³/mol. The van der Waals surface area contributed by atoms with Gasteiger partial charge < -0.3 is 4.74 Å². The van der Waals surface area contributed by atoms with Gasteiger partial charge in [0.05, 0.1) is 17.2 Å². The van der Waals surface area contributed by atoms with Crippen LogP contribution in [-0.4, -0.2) is 12.9 Å². The first-order chi connectivity index (χ1) is 9.61. The lowest BCUT2D eigenvalue weighted by atomic mass is 10.1. The molecule has 0 N–H and O–H groups in total. The molecule has 0 amide bonds. The Hall–Kier alpha value is -1.77. The van der Waals surface area contributed by atoms with Crippen molar-refractivity contribution < 1.29 is 9.53 Å². The smallest absolute Gasteiger partial charge is 0.185 e. The molecule has 0 aliphatic heterocycles. The van der Waals surface area contributed by atoms with Crippen LogP contribution in [0.4, 0.5) is 0 Å². The minimum absolute atomic E-state index is 0.125. The van der Waals surface area contributed by atoms with E-state index in [1.165, 1.54) is 6.08 Å². The molecule has 102 valence electrons. The van der Waals surface area contributed by atoms with E-state index in [0.29, 0.717) is 26.9 Å². The zero-order chi connectivity index (χ0) is 14.5. The lowest BCUT2D eigenvalue weighted by Crippen LogP contribution is -1.95. The number of rotatable bonds is 4. The van der Waals surface area contributed by atoms with Crippen molar-refractivity contribution in [2.75, 3.05) is 7.11 Å². The molecule has 2 nitrogen and oxygen atoms in total. The average Bonchev–Trinajstić information content (AvgIpc) is 2.48. The Balaban J connectivity index is 2.22. The first-order valence-corrected chi connectivity index (χ1v) is 6.68. The molecule has 0 fully saturated rings. The van der Waals surface area contributed by atoms with Gasteiger partial charge in [-0.15, -0.1) is 0 Å². The van der Waals surface area contributed by atoms with Crippen LogP contribution in [0.1, 0.15) is 15.9 Å². The number of hydrogen-bond acceptors (Lipinski definition) is 2. The highest BCUT2D eigenvalue weighted by atomic mass is 35.5. The van der Waals surface area contributed by atoms with E-state index in [0.717, 1.165) is 0 Å². The summed E-state index contributed by atoms with van der Waals surface area (Å²) in [5, 5.41) is 0.895. The monoisotopic (exact) mass is 306 g/mol. The van der Waals surface area contributed by atoms with Crippen LogP contribution in [0, 0.1) is 0 Å². The fraction of sp³-hybridized carbons (Fsp3) is 0.0625. The van der Waals surface area contributed by atoms with Crippen LogP contribution in [-0.2, 0) is 0 Å². The second kappa shape index (κ2) is 6.60. The summed E-state index contributed by atoms with van der Waals surface area (Å²) in [5.74, 6) is 0.519. The van der Waals surface area contributed by atoms with Gasteiger partial charge in [-0.25, -0.2) is 0 Å². The molecule has 2 aromatic rings. The van der Waals surface area contributed by atoms with Gasteiger partial charge in [-0.3, -0.25) is 4.79 Å². The third-order valence-corrected chi connectivity index (χ3v) is 3.58. The first-order valence-electron chi connectivity index (χ1n) is 5.92. The van der Waals surface area contributed by atoms with Crippen molar-refractivity contribution >= 4 is 35.1 Å². The van der Waals surface area contributed by atoms with Crippen molar-refractivity contribution in [2.45, 2.75) is 0 Å². The Morgan fingerprint density at radius 3 is 2.65 bits per heavy atom. The summed E-state index contributed by atoms with van der Waals surface area (Å²) >= 11 is 12.0. The van der Waals surface area contributed by atoms with E-state index < -0.39 is 0 Å². The van der Waals surface area contributed by atoms with Gasteiger partial charge in [-0.1, -0.05) is 47.5 Å².